The van der Waals surface area contributed by atoms with E-state index in [9.17, 15) is 4.79 Å². The second-order valence-corrected chi connectivity index (χ2v) is 8.31. The third kappa shape index (κ3) is 8.35. The molecule has 0 heterocycles. The van der Waals surface area contributed by atoms with Crippen molar-refractivity contribution in [2.24, 2.45) is 5.92 Å². The van der Waals surface area contributed by atoms with Crippen molar-refractivity contribution in [3.05, 3.63) is 0 Å². The van der Waals surface area contributed by atoms with E-state index in [2.05, 4.69) is 13.8 Å². The topological polar surface area (TPSA) is 26.3 Å². The molecule has 100 valence electrons. The number of esters is 1. The number of carbonyl (C=O) groups excluding carboxylic acids is 1. The van der Waals surface area contributed by atoms with Crippen molar-refractivity contribution in [3.63, 3.8) is 0 Å². The number of thioether (sulfide) groups is 1. The van der Waals surface area contributed by atoms with E-state index in [0.717, 1.165) is 16.4 Å². The molecule has 0 radical (unpaired) electrons. The minimum Gasteiger partial charge on any atom is -0.464 e. The molecule has 0 aromatic heterocycles. The Morgan fingerprint density at radius 3 is 2.59 bits per heavy atom. The van der Waals surface area contributed by atoms with Gasteiger partial charge in [0.2, 0.25) is 0 Å². The second-order valence-electron chi connectivity index (χ2n) is 3.54. The molecular weight excluding hydrogens is 292 g/mol. The predicted octanol–water partition coefficient (Wildman–Crippen LogP) is 4.04. The maximum Gasteiger partial charge on any atom is 0.319 e. The van der Waals surface area contributed by atoms with Crippen molar-refractivity contribution in [1.82, 2.24) is 0 Å². The van der Waals surface area contributed by atoms with E-state index in [4.69, 9.17) is 17.0 Å². The molecule has 0 aliphatic carbocycles. The van der Waals surface area contributed by atoms with Crippen molar-refractivity contribution < 1.29 is 9.53 Å². The summed E-state index contributed by atoms with van der Waals surface area (Å²) in [5, 5.41) is -0.198. The highest BCUT2D eigenvalue weighted by Crippen LogP contribution is 2.22. The van der Waals surface area contributed by atoms with Crippen LogP contribution in [0.2, 0.25) is 0 Å². The van der Waals surface area contributed by atoms with Gasteiger partial charge in [-0.05, 0) is 25.5 Å². The van der Waals surface area contributed by atoms with Gasteiger partial charge >= 0.3 is 5.97 Å². The average Bonchev–Trinajstić information content (AvgIpc) is 2.32. The number of hydrogen-bond donors (Lipinski definition) is 0. The van der Waals surface area contributed by atoms with Gasteiger partial charge in [-0.1, -0.05) is 47.7 Å². The van der Waals surface area contributed by atoms with Crippen molar-refractivity contribution in [2.45, 2.75) is 32.4 Å². The van der Waals surface area contributed by atoms with Crippen LogP contribution in [0.1, 0.15) is 27.2 Å². The van der Waals surface area contributed by atoms with Crippen molar-refractivity contribution >= 4 is 55.7 Å². The fourth-order valence-corrected chi connectivity index (χ4v) is 3.42. The summed E-state index contributed by atoms with van der Waals surface area (Å²) < 4.78 is 6.07. The number of rotatable bonds is 8. The smallest absolute Gasteiger partial charge is 0.319 e. The van der Waals surface area contributed by atoms with Crippen LogP contribution in [0.4, 0.5) is 0 Å². The Morgan fingerprint density at radius 1 is 1.41 bits per heavy atom. The van der Waals surface area contributed by atoms with Gasteiger partial charge in [0.15, 0.2) is 0 Å². The standard InChI is InChI=1S/C11H20O2S4/c1-5-8(2)11(14)17-9(3)10(12)13-6-7-16-15-4/h8-9H,5-7H2,1-4H3. The molecule has 0 N–H and O–H groups in total. The first-order chi connectivity index (χ1) is 8.02. The molecule has 0 aromatic carbocycles. The largest absolute Gasteiger partial charge is 0.464 e. The fraction of sp³-hybridized carbons (Fsp3) is 0.818. The lowest BCUT2D eigenvalue weighted by atomic mass is 10.2. The Bertz CT molecular complexity index is 246. The number of hydrogen-bond acceptors (Lipinski definition) is 6. The molecule has 0 saturated heterocycles. The Labute approximate surface area is 122 Å². The van der Waals surface area contributed by atoms with Crippen molar-refractivity contribution in [2.75, 3.05) is 18.6 Å². The van der Waals surface area contributed by atoms with Crippen LogP contribution in [0.25, 0.3) is 0 Å². The lowest BCUT2D eigenvalue weighted by molar-refractivity contribution is -0.141. The van der Waals surface area contributed by atoms with Crippen LogP contribution in [0.15, 0.2) is 0 Å². The van der Waals surface area contributed by atoms with Gasteiger partial charge in [0, 0.05) is 5.75 Å². The van der Waals surface area contributed by atoms with Gasteiger partial charge in [0.1, 0.15) is 11.9 Å². The molecule has 2 atom stereocenters. The molecule has 0 aliphatic rings. The summed E-state index contributed by atoms with van der Waals surface area (Å²) in [6, 6.07) is 0. The predicted molar refractivity (Wildman–Crippen MR) is 86.0 cm³/mol. The summed E-state index contributed by atoms with van der Waals surface area (Å²) >= 11 is 6.72. The Hall–Kier alpha value is 0.610. The Balaban J connectivity index is 3.85. The van der Waals surface area contributed by atoms with Gasteiger partial charge < -0.3 is 4.74 Å². The molecule has 6 heteroatoms. The third-order valence-electron chi connectivity index (χ3n) is 2.17. The first-order valence-corrected chi connectivity index (χ1v) is 9.57. The van der Waals surface area contributed by atoms with Gasteiger partial charge in [0.25, 0.3) is 0 Å². The maximum atomic E-state index is 11.6. The molecule has 2 nitrogen and oxygen atoms in total. The maximum absolute atomic E-state index is 11.6. The molecule has 17 heavy (non-hydrogen) atoms. The molecule has 0 amide bonds. The van der Waals surface area contributed by atoms with E-state index >= 15 is 0 Å². The normalized spacial score (nSPS) is 14.1. The quantitative estimate of drug-likeness (QED) is 0.290. The summed E-state index contributed by atoms with van der Waals surface area (Å²) in [4.78, 5) is 11.6. The summed E-state index contributed by atoms with van der Waals surface area (Å²) in [7, 11) is 3.37. The fourth-order valence-electron chi connectivity index (χ4n) is 0.882. The highest BCUT2D eigenvalue weighted by atomic mass is 33.1. The summed E-state index contributed by atoms with van der Waals surface area (Å²) in [6.07, 6.45) is 3.02. The van der Waals surface area contributed by atoms with Gasteiger partial charge in [-0.3, -0.25) is 4.79 Å². The highest BCUT2D eigenvalue weighted by molar-refractivity contribution is 8.76. The van der Waals surface area contributed by atoms with Crippen LogP contribution in [-0.2, 0) is 9.53 Å². The summed E-state index contributed by atoms with van der Waals surface area (Å²) in [5.74, 6) is 1.04. The molecule has 0 bridgehead atoms. The molecule has 0 spiro atoms. The van der Waals surface area contributed by atoms with E-state index in [-0.39, 0.29) is 11.2 Å². The number of thiocarbonyl (C=S) groups is 1. The van der Waals surface area contributed by atoms with Crippen LogP contribution in [0, 0.1) is 5.92 Å². The molecule has 0 fully saturated rings. The van der Waals surface area contributed by atoms with E-state index < -0.39 is 0 Å². The molecule has 0 aliphatic heterocycles. The van der Waals surface area contributed by atoms with Crippen LogP contribution in [-0.4, -0.2) is 34.0 Å². The molecule has 0 aromatic rings. The van der Waals surface area contributed by atoms with Crippen molar-refractivity contribution in [3.8, 4) is 0 Å². The SMILES string of the molecule is CCC(C)C(=S)SC(C)C(=O)OCCSSC. The van der Waals surface area contributed by atoms with Crippen LogP contribution in [0.3, 0.4) is 0 Å². The monoisotopic (exact) mass is 312 g/mol. The Kier molecular flexibility index (Phi) is 10.9. The lowest BCUT2D eigenvalue weighted by Crippen LogP contribution is -2.21. The zero-order valence-electron chi connectivity index (χ0n) is 10.7. The van der Waals surface area contributed by atoms with E-state index in [1.165, 1.54) is 11.8 Å². The van der Waals surface area contributed by atoms with Crippen LogP contribution >= 0.6 is 45.6 Å². The van der Waals surface area contributed by atoms with E-state index in [1.54, 1.807) is 21.6 Å². The minimum atomic E-state index is -0.198. The number of ether oxygens (including phenoxy) is 1. The van der Waals surface area contributed by atoms with Gasteiger partial charge in [-0.25, -0.2) is 0 Å². The third-order valence-corrected chi connectivity index (χ3v) is 5.82. The van der Waals surface area contributed by atoms with E-state index in [1.807, 2.05) is 13.2 Å². The zero-order valence-corrected chi connectivity index (χ0v) is 14.0. The highest BCUT2D eigenvalue weighted by Gasteiger charge is 2.19. The lowest BCUT2D eigenvalue weighted by Gasteiger charge is -2.14. The molecule has 0 rings (SSSR count). The minimum absolute atomic E-state index is 0.164. The van der Waals surface area contributed by atoms with Crippen LogP contribution < -0.4 is 0 Å². The van der Waals surface area contributed by atoms with Gasteiger partial charge in [-0.15, -0.1) is 11.8 Å². The average molecular weight is 313 g/mol. The Morgan fingerprint density at radius 2 is 2.06 bits per heavy atom. The second kappa shape index (κ2) is 10.5. The molecular formula is C11H20O2S4. The van der Waals surface area contributed by atoms with Crippen LogP contribution in [0.5, 0.6) is 0 Å². The number of carbonyl (C=O) groups is 1. The molecule has 2 unspecified atom stereocenters. The zero-order chi connectivity index (χ0) is 13.3. The summed E-state index contributed by atoms with van der Waals surface area (Å²) in [5.41, 5.74) is 0. The first-order valence-electron chi connectivity index (χ1n) is 5.55. The van der Waals surface area contributed by atoms with E-state index in [0.29, 0.717) is 12.5 Å². The van der Waals surface area contributed by atoms with Crippen molar-refractivity contribution in [1.29, 1.82) is 0 Å². The van der Waals surface area contributed by atoms with Gasteiger partial charge in [0.05, 0.1) is 4.20 Å². The summed E-state index contributed by atoms with van der Waals surface area (Å²) in [6.45, 7) is 6.51. The van der Waals surface area contributed by atoms with Gasteiger partial charge in [-0.2, -0.15) is 0 Å². The first kappa shape index (κ1) is 17.6. The molecule has 0 saturated carbocycles.